The van der Waals surface area contributed by atoms with Crippen LogP contribution in [0.2, 0.25) is 0 Å². The van der Waals surface area contributed by atoms with E-state index in [1.54, 1.807) is 0 Å². The van der Waals surface area contributed by atoms with Crippen LogP contribution in [0.25, 0.3) is 0 Å². The van der Waals surface area contributed by atoms with Crippen LogP contribution >= 0.6 is 11.8 Å². The molecule has 0 amide bonds. The zero-order valence-electron chi connectivity index (χ0n) is 8.91. The summed E-state index contributed by atoms with van der Waals surface area (Å²) >= 11 is 1.85. The van der Waals surface area contributed by atoms with Gasteiger partial charge in [-0.1, -0.05) is 0 Å². The van der Waals surface area contributed by atoms with Gasteiger partial charge in [-0.3, -0.25) is 4.79 Å². The number of thioether (sulfide) groups is 1. The van der Waals surface area contributed by atoms with Crippen molar-refractivity contribution in [3.8, 4) is 0 Å². The first-order valence-electron chi connectivity index (χ1n) is 4.98. The van der Waals surface area contributed by atoms with Crippen LogP contribution in [0.15, 0.2) is 0 Å². The third-order valence-electron chi connectivity index (χ3n) is 2.49. The zero-order valence-corrected chi connectivity index (χ0v) is 9.73. The minimum Gasteiger partial charge on any atom is -0.469 e. The van der Waals surface area contributed by atoms with Crippen LogP contribution < -0.4 is 5.73 Å². The standard InChI is InChI=1S/C10H19NO2S/c1-8(11)6-14-7-10(3-4-10)5-9(12)13-2/h8H,3-7,11H2,1-2H3. The van der Waals surface area contributed by atoms with Crippen molar-refractivity contribution in [3.05, 3.63) is 0 Å². The molecule has 3 nitrogen and oxygen atoms in total. The summed E-state index contributed by atoms with van der Waals surface area (Å²) in [5, 5.41) is 0. The number of rotatable bonds is 6. The maximum absolute atomic E-state index is 11.1. The van der Waals surface area contributed by atoms with Gasteiger partial charge in [0, 0.05) is 11.8 Å². The molecule has 4 heteroatoms. The highest BCUT2D eigenvalue weighted by molar-refractivity contribution is 7.99. The quantitative estimate of drug-likeness (QED) is 0.683. The monoisotopic (exact) mass is 217 g/mol. The van der Waals surface area contributed by atoms with Crippen molar-refractivity contribution in [2.75, 3.05) is 18.6 Å². The van der Waals surface area contributed by atoms with Crippen LogP contribution in [0, 0.1) is 5.41 Å². The summed E-state index contributed by atoms with van der Waals surface area (Å²) in [6.07, 6.45) is 2.90. The smallest absolute Gasteiger partial charge is 0.306 e. The maximum Gasteiger partial charge on any atom is 0.306 e. The van der Waals surface area contributed by atoms with E-state index in [1.165, 1.54) is 7.11 Å². The molecular weight excluding hydrogens is 198 g/mol. The summed E-state index contributed by atoms with van der Waals surface area (Å²) in [5.74, 6) is 1.94. The summed E-state index contributed by atoms with van der Waals surface area (Å²) in [7, 11) is 1.45. The van der Waals surface area contributed by atoms with Gasteiger partial charge in [-0.05, 0) is 30.9 Å². The van der Waals surface area contributed by atoms with E-state index in [1.807, 2.05) is 18.7 Å². The fourth-order valence-electron chi connectivity index (χ4n) is 1.39. The van der Waals surface area contributed by atoms with E-state index in [-0.39, 0.29) is 17.4 Å². The summed E-state index contributed by atoms with van der Waals surface area (Å²) in [4.78, 5) is 11.1. The second-order valence-electron chi connectivity index (χ2n) is 4.25. The van der Waals surface area contributed by atoms with Crippen molar-refractivity contribution in [3.63, 3.8) is 0 Å². The number of nitrogens with two attached hydrogens (primary N) is 1. The van der Waals surface area contributed by atoms with E-state index in [0.717, 1.165) is 24.3 Å². The topological polar surface area (TPSA) is 52.3 Å². The third-order valence-corrected chi connectivity index (χ3v) is 4.07. The third kappa shape index (κ3) is 3.88. The highest BCUT2D eigenvalue weighted by Crippen LogP contribution is 2.51. The number of methoxy groups -OCH3 is 1. The van der Waals surface area contributed by atoms with E-state index in [4.69, 9.17) is 5.73 Å². The van der Waals surface area contributed by atoms with Crippen molar-refractivity contribution in [1.82, 2.24) is 0 Å². The Bertz CT molecular complexity index is 202. The number of carbonyl (C=O) groups is 1. The molecule has 2 N–H and O–H groups in total. The molecule has 0 spiro atoms. The molecule has 14 heavy (non-hydrogen) atoms. The highest BCUT2D eigenvalue weighted by atomic mass is 32.2. The van der Waals surface area contributed by atoms with Crippen LogP contribution in [0.1, 0.15) is 26.2 Å². The molecule has 1 saturated carbocycles. The van der Waals surface area contributed by atoms with Crippen LogP contribution in [-0.2, 0) is 9.53 Å². The van der Waals surface area contributed by atoms with Gasteiger partial charge in [0.25, 0.3) is 0 Å². The van der Waals surface area contributed by atoms with E-state index in [0.29, 0.717) is 6.42 Å². The van der Waals surface area contributed by atoms with Gasteiger partial charge in [0.05, 0.1) is 13.5 Å². The van der Waals surface area contributed by atoms with E-state index < -0.39 is 0 Å². The molecule has 0 aromatic carbocycles. The van der Waals surface area contributed by atoms with Gasteiger partial charge in [-0.2, -0.15) is 11.8 Å². The molecular formula is C10H19NO2S. The number of esters is 1. The molecule has 0 heterocycles. The Balaban J connectivity index is 2.19. The Labute approximate surface area is 89.8 Å². The van der Waals surface area contributed by atoms with Gasteiger partial charge in [-0.15, -0.1) is 0 Å². The first-order valence-corrected chi connectivity index (χ1v) is 6.14. The first-order chi connectivity index (χ1) is 6.58. The minimum atomic E-state index is -0.0797. The van der Waals surface area contributed by atoms with Gasteiger partial charge in [0.2, 0.25) is 0 Å². The molecule has 0 aliphatic heterocycles. The Morgan fingerprint density at radius 1 is 1.64 bits per heavy atom. The SMILES string of the molecule is COC(=O)CC1(CSCC(C)N)CC1. The lowest BCUT2D eigenvalue weighted by atomic mass is 10.1. The molecule has 0 radical (unpaired) electrons. The molecule has 0 aromatic rings. The Kier molecular flexibility index (Phi) is 4.26. The average molecular weight is 217 g/mol. The lowest BCUT2D eigenvalue weighted by Crippen LogP contribution is -2.20. The zero-order chi connectivity index (χ0) is 10.6. The lowest BCUT2D eigenvalue weighted by Gasteiger charge is -2.13. The van der Waals surface area contributed by atoms with Crippen molar-refractivity contribution < 1.29 is 9.53 Å². The summed E-state index contributed by atoms with van der Waals surface area (Å²) in [5.41, 5.74) is 5.90. The normalized spacial score (nSPS) is 20.2. The average Bonchev–Trinajstić information content (AvgIpc) is 2.84. The Hall–Kier alpha value is -0.220. The van der Waals surface area contributed by atoms with Crippen molar-refractivity contribution in [1.29, 1.82) is 0 Å². The van der Waals surface area contributed by atoms with Crippen LogP contribution in [0.3, 0.4) is 0 Å². The molecule has 1 atom stereocenters. The molecule has 1 rings (SSSR count). The molecule has 1 unspecified atom stereocenters. The van der Waals surface area contributed by atoms with Gasteiger partial charge < -0.3 is 10.5 Å². The van der Waals surface area contributed by atoms with Crippen molar-refractivity contribution >= 4 is 17.7 Å². The van der Waals surface area contributed by atoms with Gasteiger partial charge in [0.15, 0.2) is 0 Å². The molecule has 0 saturated heterocycles. The Morgan fingerprint density at radius 2 is 2.29 bits per heavy atom. The predicted molar refractivity (Wildman–Crippen MR) is 59.3 cm³/mol. The molecule has 82 valence electrons. The van der Waals surface area contributed by atoms with E-state index in [2.05, 4.69) is 4.74 Å². The van der Waals surface area contributed by atoms with Crippen molar-refractivity contribution in [2.45, 2.75) is 32.2 Å². The number of carbonyl (C=O) groups excluding carboxylic acids is 1. The van der Waals surface area contributed by atoms with E-state index in [9.17, 15) is 4.79 Å². The molecule has 0 bridgehead atoms. The molecule has 1 aliphatic rings. The molecule has 0 aromatic heterocycles. The van der Waals surface area contributed by atoms with Gasteiger partial charge in [-0.25, -0.2) is 0 Å². The summed E-state index contributed by atoms with van der Waals surface area (Å²) < 4.78 is 4.68. The van der Waals surface area contributed by atoms with Gasteiger partial charge >= 0.3 is 5.97 Å². The largest absolute Gasteiger partial charge is 0.469 e. The first kappa shape index (κ1) is 11.9. The highest BCUT2D eigenvalue weighted by Gasteiger charge is 2.44. The predicted octanol–water partition coefficient (Wildman–Crippen LogP) is 1.41. The number of hydrogen-bond acceptors (Lipinski definition) is 4. The number of hydrogen-bond donors (Lipinski definition) is 1. The van der Waals surface area contributed by atoms with Crippen LogP contribution in [0.4, 0.5) is 0 Å². The minimum absolute atomic E-state index is 0.0797. The molecule has 1 aliphatic carbocycles. The maximum atomic E-state index is 11.1. The second kappa shape index (κ2) is 5.03. The van der Waals surface area contributed by atoms with Crippen LogP contribution in [-0.4, -0.2) is 30.6 Å². The number of ether oxygens (including phenoxy) is 1. The van der Waals surface area contributed by atoms with Crippen LogP contribution in [0.5, 0.6) is 0 Å². The van der Waals surface area contributed by atoms with Gasteiger partial charge in [0.1, 0.15) is 0 Å². The van der Waals surface area contributed by atoms with Crippen molar-refractivity contribution in [2.24, 2.45) is 11.1 Å². The molecule has 1 fully saturated rings. The second-order valence-corrected chi connectivity index (χ2v) is 5.28. The summed E-state index contributed by atoms with van der Waals surface area (Å²) in [6, 6.07) is 0.244. The summed E-state index contributed by atoms with van der Waals surface area (Å²) in [6.45, 7) is 2.01. The Morgan fingerprint density at radius 3 is 2.71 bits per heavy atom. The fourth-order valence-corrected chi connectivity index (χ4v) is 2.70. The lowest BCUT2D eigenvalue weighted by molar-refractivity contribution is -0.141. The van der Waals surface area contributed by atoms with E-state index >= 15 is 0 Å². The fraction of sp³-hybridized carbons (Fsp3) is 0.900.